The molecule has 0 amide bonds. The molecule has 3 unspecified atom stereocenters. The van der Waals surface area contributed by atoms with E-state index in [-0.39, 0.29) is 0 Å². The summed E-state index contributed by atoms with van der Waals surface area (Å²) in [4.78, 5) is 52.6. The summed E-state index contributed by atoms with van der Waals surface area (Å²) >= 11 is 0. The van der Waals surface area contributed by atoms with Crippen molar-refractivity contribution in [2.75, 3.05) is 0 Å². The highest BCUT2D eigenvalue weighted by Crippen LogP contribution is 2.49. The molecule has 0 spiro atoms. The van der Waals surface area contributed by atoms with Crippen molar-refractivity contribution in [1.29, 1.82) is 0 Å². The van der Waals surface area contributed by atoms with Gasteiger partial charge >= 0.3 is 23.5 Å². The van der Waals surface area contributed by atoms with Crippen molar-refractivity contribution in [3.8, 4) is 0 Å². The van der Waals surface area contributed by atoms with Gasteiger partial charge in [0.05, 0.1) is 6.10 Å². The summed E-state index contributed by atoms with van der Waals surface area (Å²) in [5, 5.41) is 9.54. The van der Waals surface area contributed by atoms with Crippen LogP contribution in [0.4, 0.5) is 0 Å². The number of hydrogen-bond acceptors (Lipinski definition) is 7. The number of phosphoric acid groups is 3. The van der Waals surface area contributed by atoms with E-state index in [2.05, 4.69) is 13.6 Å². The molecule has 1 saturated carbocycles. The molecule has 7 N–H and O–H groups in total. The molecule has 1 fully saturated rings. The molecule has 13 nitrogen and oxygen atoms in total. The predicted octanol–water partition coefficient (Wildman–Crippen LogP) is -1.43. The Labute approximate surface area is 123 Å². The van der Waals surface area contributed by atoms with Crippen LogP contribution in [0.2, 0.25) is 0 Å². The minimum absolute atomic E-state index is 0.503. The van der Waals surface area contributed by atoms with Gasteiger partial charge in [0.25, 0.3) is 0 Å². The van der Waals surface area contributed by atoms with Crippen molar-refractivity contribution in [3.05, 3.63) is 0 Å². The van der Waals surface area contributed by atoms with Crippen LogP contribution in [0.5, 0.6) is 0 Å². The van der Waals surface area contributed by atoms with E-state index < -0.39 is 60.7 Å². The zero-order valence-corrected chi connectivity index (χ0v) is 13.3. The first kappa shape index (κ1) is 20.3. The van der Waals surface area contributed by atoms with Crippen LogP contribution in [-0.2, 0) is 27.3 Å². The lowest BCUT2D eigenvalue weighted by Crippen LogP contribution is -2.49. The van der Waals surface area contributed by atoms with Gasteiger partial charge in [-0.2, -0.15) is 0 Å². The van der Waals surface area contributed by atoms with Crippen LogP contribution in [0, 0.1) is 0 Å². The first-order chi connectivity index (χ1) is 9.66. The Morgan fingerprint density at radius 2 is 1.00 bits per heavy atom. The first-order valence-electron chi connectivity index (χ1n) is 5.56. The fourth-order valence-electron chi connectivity index (χ4n) is 1.99. The topological polar surface area (TPSA) is 221 Å². The standard InChI is InChI=1S/C6H15O13P3/c7-3-1-4(17-20(8,9)10)6(19-22(14,15)16)5(2-3)18-21(11,12)13/h3-7H,1-2H2,(H2,8,9,10)(H2,11,12,13)(H2,14,15,16)/t3?,4-,5?,6?/m1/s1. The Bertz CT molecular complexity index is 482. The van der Waals surface area contributed by atoms with Crippen LogP contribution >= 0.6 is 23.5 Å². The maximum absolute atomic E-state index is 10.9. The van der Waals surface area contributed by atoms with E-state index in [1.807, 2.05) is 0 Å². The first-order valence-corrected chi connectivity index (χ1v) is 10.2. The molecule has 132 valence electrons. The van der Waals surface area contributed by atoms with Crippen LogP contribution < -0.4 is 0 Å². The fourth-order valence-corrected chi connectivity index (χ4v) is 3.70. The van der Waals surface area contributed by atoms with E-state index in [9.17, 15) is 18.8 Å². The Balaban J connectivity index is 3.07. The maximum atomic E-state index is 10.9. The second kappa shape index (κ2) is 7.04. The van der Waals surface area contributed by atoms with E-state index in [1.165, 1.54) is 0 Å². The molecule has 0 bridgehead atoms. The van der Waals surface area contributed by atoms with Crippen LogP contribution in [0.1, 0.15) is 12.8 Å². The van der Waals surface area contributed by atoms with E-state index in [0.29, 0.717) is 0 Å². The van der Waals surface area contributed by atoms with Crippen molar-refractivity contribution >= 4 is 23.5 Å². The molecule has 0 aromatic heterocycles. The largest absolute Gasteiger partial charge is 0.470 e. The Kier molecular flexibility index (Phi) is 6.51. The lowest BCUT2D eigenvalue weighted by atomic mass is 9.90. The average molecular weight is 388 g/mol. The number of aliphatic hydroxyl groups is 1. The minimum Gasteiger partial charge on any atom is -0.393 e. The number of rotatable bonds is 6. The summed E-state index contributed by atoms with van der Waals surface area (Å²) in [7, 11) is -15.5. The van der Waals surface area contributed by atoms with E-state index in [0.717, 1.165) is 0 Å². The molecule has 0 aromatic rings. The van der Waals surface area contributed by atoms with Crippen molar-refractivity contribution in [1.82, 2.24) is 0 Å². The highest BCUT2D eigenvalue weighted by molar-refractivity contribution is 7.47. The van der Waals surface area contributed by atoms with Gasteiger partial charge in [-0.3, -0.25) is 13.6 Å². The third-order valence-electron chi connectivity index (χ3n) is 2.55. The summed E-state index contributed by atoms with van der Waals surface area (Å²) in [6.07, 6.45) is -7.83. The van der Waals surface area contributed by atoms with Crippen LogP contribution in [0.25, 0.3) is 0 Å². The summed E-state index contributed by atoms with van der Waals surface area (Å²) in [6.45, 7) is 0. The molecule has 1 aliphatic rings. The van der Waals surface area contributed by atoms with Crippen LogP contribution in [0.3, 0.4) is 0 Å². The van der Waals surface area contributed by atoms with Crippen LogP contribution in [-0.4, -0.2) is 58.9 Å². The molecule has 0 saturated heterocycles. The van der Waals surface area contributed by atoms with E-state index in [1.54, 1.807) is 0 Å². The molecule has 4 atom stereocenters. The Morgan fingerprint density at radius 3 is 1.27 bits per heavy atom. The van der Waals surface area contributed by atoms with Gasteiger partial charge in [0, 0.05) is 12.8 Å². The minimum atomic E-state index is -5.21. The molecule has 0 aliphatic heterocycles. The lowest BCUT2D eigenvalue weighted by molar-refractivity contribution is -0.106. The van der Waals surface area contributed by atoms with Gasteiger partial charge in [-0.05, 0) is 0 Å². The van der Waals surface area contributed by atoms with Crippen molar-refractivity contribution in [2.24, 2.45) is 0 Å². The molecule has 0 aromatic carbocycles. The van der Waals surface area contributed by atoms with Gasteiger partial charge in [-0.25, -0.2) is 13.7 Å². The molecule has 1 rings (SSSR count). The third-order valence-corrected chi connectivity index (χ3v) is 4.15. The summed E-state index contributed by atoms with van der Waals surface area (Å²) < 4.78 is 45.4. The highest BCUT2D eigenvalue weighted by Gasteiger charge is 2.47. The Hall–Kier alpha value is 0.290. The zero-order chi connectivity index (χ0) is 17.3. The van der Waals surface area contributed by atoms with Gasteiger partial charge in [-0.15, -0.1) is 0 Å². The van der Waals surface area contributed by atoms with E-state index in [4.69, 9.17) is 29.4 Å². The quantitative estimate of drug-likeness (QED) is 0.260. The SMILES string of the molecule is O=P(O)(O)OC1CC(O)C[C@@H](OP(=O)(O)O)C1OP(=O)(O)O. The van der Waals surface area contributed by atoms with Crippen molar-refractivity contribution in [3.63, 3.8) is 0 Å². The smallest absolute Gasteiger partial charge is 0.393 e. The van der Waals surface area contributed by atoms with Gasteiger partial charge in [0.2, 0.25) is 0 Å². The van der Waals surface area contributed by atoms with Crippen LogP contribution in [0.15, 0.2) is 0 Å². The van der Waals surface area contributed by atoms with Gasteiger partial charge in [0.1, 0.15) is 18.3 Å². The second-order valence-corrected chi connectivity index (χ2v) is 8.03. The fraction of sp³-hybridized carbons (Fsp3) is 1.00. The van der Waals surface area contributed by atoms with Gasteiger partial charge in [0.15, 0.2) is 0 Å². The lowest BCUT2D eigenvalue weighted by Gasteiger charge is -2.38. The predicted molar refractivity (Wildman–Crippen MR) is 66.0 cm³/mol. The number of hydrogen-bond donors (Lipinski definition) is 7. The summed E-state index contributed by atoms with van der Waals surface area (Å²) in [6, 6.07) is 0. The molecule has 1 aliphatic carbocycles. The van der Waals surface area contributed by atoms with Crippen molar-refractivity contribution in [2.45, 2.75) is 37.3 Å². The van der Waals surface area contributed by atoms with E-state index >= 15 is 0 Å². The molecule has 0 radical (unpaired) electrons. The summed E-state index contributed by atoms with van der Waals surface area (Å²) in [5.74, 6) is 0. The molecular formula is C6H15O13P3. The monoisotopic (exact) mass is 388 g/mol. The molecule has 0 heterocycles. The zero-order valence-electron chi connectivity index (χ0n) is 10.6. The Morgan fingerprint density at radius 1 is 0.682 bits per heavy atom. The maximum Gasteiger partial charge on any atom is 0.470 e. The average Bonchev–Trinajstić information content (AvgIpc) is 2.16. The summed E-state index contributed by atoms with van der Waals surface area (Å²) in [5.41, 5.74) is 0. The molecular weight excluding hydrogens is 373 g/mol. The highest BCUT2D eigenvalue weighted by atomic mass is 31.2. The normalized spacial score (nSPS) is 31.2. The van der Waals surface area contributed by atoms with Gasteiger partial charge < -0.3 is 34.5 Å². The van der Waals surface area contributed by atoms with Crippen molar-refractivity contribution < 1.29 is 61.7 Å². The molecule has 22 heavy (non-hydrogen) atoms. The second-order valence-electron chi connectivity index (χ2n) is 4.45. The number of aliphatic hydroxyl groups excluding tert-OH is 1. The van der Waals surface area contributed by atoms with Gasteiger partial charge in [-0.1, -0.05) is 0 Å². The molecule has 16 heteroatoms. The number of phosphoric ester groups is 3. The third kappa shape index (κ3) is 7.71.